The molecule has 1 aromatic rings. The van der Waals surface area contributed by atoms with Crippen LogP contribution in [-0.4, -0.2) is 11.7 Å². The molecule has 1 atom stereocenters. The molecule has 0 aliphatic carbocycles. The highest BCUT2D eigenvalue weighted by molar-refractivity contribution is 7.99. The summed E-state index contributed by atoms with van der Waals surface area (Å²) in [6, 6.07) is 5.22. The van der Waals surface area contributed by atoms with Crippen molar-refractivity contribution in [2.45, 2.75) is 25.2 Å². The quantitative estimate of drug-likeness (QED) is 0.611. The number of nitrogen functional groups attached to an aromatic ring is 1. The van der Waals surface area contributed by atoms with E-state index < -0.39 is 5.91 Å². The third-order valence-electron chi connectivity index (χ3n) is 2.51. The Balaban J connectivity index is 2.72. The zero-order valence-electron chi connectivity index (χ0n) is 9.69. The van der Waals surface area contributed by atoms with Gasteiger partial charge in [-0.25, -0.2) is 0 Å². The number of anilines is 1. The topological polar surface area (TPSA) is 69.1 Å². The minimum atomic E-state index is -0.440. The number of carbonyl (C=O) groups is 1. The van der Waals surface area contributed by atoms with Crippen LogP contribution in [0.1, 0.15) is 30.6 Å². The highest BCUT2D eigenvalue weighted by Crippen LogP contribution is 2.28. The summed E-state index contributed by atoms with van der Waals surface area (Å²) in [5.74, 6) is 1.27. The molecule has 0 aliphatic heterocycles. The maximum absolute atomic E-state index is 10.9. The van der Waals surface area contributed by atoms with Crippen molar-refractivity contribution in [1.29, 1.82) is 0 Å². The van der Waals surface area contributed by atoms with Crippen LogP contribution >= 0.6 is 11.8 Å². The molecule has 0 saturated heterocycles. The highest BCUT2D eigenvalue weighted by atomic mass is 32.2. The van der Waals surface area contributed by atoms with Crippen LogP contribution in [0, 0.1) is 5.92 Å². The van der Waals surface area contributed by atoms with Crippen molar-refractivity contribution in [3.8, 4) is 0 Å². The van der Waals surface area contributed by atoms with Crippen molar-refractivity contribution in [1.82, 2.24) is 0 Å². The minimum absolute atomic E-state index is 0.440. The molecule has 0 bridgehead atoms. The van der Waals surface area contributed by atoms with Gasteiger partial charge in [-0.05, 0) is 24.1 Å². The molecule has 1 unspecified atom stereocenters. The maximum atomic E-state index is 10.9. The van der Waals surface area contributed by atoms with Crippen LogP contribution in [0.25, 0.3) is 0 Å². The van der Waals surface area contributed by atoms with Crippen molar-refractivity contribution in [3.05, 3.63) is 23.8 Å². The molecule has 16 heavy (non-hydrogen) atoms. The summed E-state index contributed by atoms with van der Waals surface area (Å²) in [7, 11) is 0. The fourth-order valence-corrected chi connectivity index (χ4v) is 2.27. The lowest BCUT2D eigenvalue weighted by Crippen LogP contribution is -2.11. The Morgan fingerprint density at radius 2 is 2.19 bits per heavy atom. The Hall–Kier alpha value is -1.16. The minimum Gasteiger partial charge on any atom is -0.398 e. The average Bonchev–Trinajstić information content (AvgIpc) is 2.26. The van der Waals surface area contributed by atoms with E-state index in [-0.39, 0.29) is 0 Å². The van der Waals surface area contributed by atoms with E-state index in [0.717, 1.165) is 17.1 Å². The Labute approximate surface area is 101 Å². The van der Waals surface area contributed by atoms with Crippen LogP contribution in [0.3, 0.4) is 0 Å². The van der Waals surface area contributed by atoms with Gasteiger partial charge in [0.1, 0.15) is 0 Å². The van der Waals surface area contributed by atoms with Crippen molar-refractivity contribution in [2.24, 2.45) is 11.7 Å². The number of amides is 1. The number of benzene rings is 1. The maximum Gasteiger partial charge on any atom is 0.248 e. The number of thioether (sulfide) groups is 1. The second-order valence-corrected chi connectivity index (χ2v) is 5.00. The van der Waals surface area contributed by atoms with Gasteiger partial charge >= 0.3 is 0 Å². The van der Waals surface area contributed by atoms with Gasteiger partial charge in [-0.2, -0.15) is 0 Å². The highest BCUT2D eigenvalue weighted by Gasteiger charge is 2.06. The second-order valence-electron chi connectivity index (χ2n) is 3.94. The molecule has 0 heterocycles. The first-order valence-electron chi connectivity index (χ1n) is 5.36. The first kappa shape index (κ1) is 12.9. The predicted molar refractivity (Wildman–Crippen MR) is 69.6 cm³/mol. The fraction of sp³-hybridized carbons (Fsp3) is 0.417. The van der Waals surface area contributed by atoms with E-state index in [9.17, 15) is 4.79 Å². The van der Waals surface area contributed by atoms with Gasteiger partial charge in [0.2, 0.25) is 5.91 Å². The molecule has 1 amide bonds. The van der Waals surface area contributed by atoms with Gasteiger partial charge in [0.15, 0.2) is 0 Å². The van der Waals surface area contributed by atoms with Gasteiger partial charge in [-0.1, -0.05) is 20.3 Å². The molecule has 0 fully saturated rings. The number of hydrogen-bond acceptors (Lipinski definition) is 3. The van der Waals surface area contributed by atoms with Crippen LogP contribution < -0.4 is 11.5 Å². The number of hydrogen-bond donors (Lipinski definition) is 2. The Morgan fingerprint density at radius 1 is 1.50 bits per heavy atom. The SMILES string of the molecule is CCC(C)CSc1ccc(C(N)=O)cc1N. The predicted octanol–water partition coefficient (Wildman–Crippen LogP) is 2.51. The van der Waals surface area contributed by atoms with Gasteiger partial charge < -0.3 is 11.5 Å². The Morgan fingerprint density at radius 3 is 2.69 bits per heavy atom. The summed E-state index contributed by atoms with van der Waals surface area (Å²) in [6.07, 6.45) is 1.16. The summed E-state index contributed by atoms with van der Waals surface area (Å²) in [5, 5.41) is 0. The van der Waals surface area contributed by atoms with Gasteiger partial charge in [0.25, 0.3) is 0 Å². The zero-order valence-corrected chi connectivity index (χ0v) is 10.5. The van der Waals surface area contributed by atoms with Crippen molar-refractivity contribution < 1.29 is 4.79 Å². The van der Waals surface area contributed by atoms with E-state index in [4.69, 9.17) is 11.5 Å². The lowest BCUT2D eigenvalue weighted by molar-refractivity contribution is 0.100. The van der Waals surface area contributed by atoms with Gasteiger partial charge in [-0.3, -0.25) is 4.79 Å². The van der Waals surface area contributed by atoms with Gasteiger partial charge in [0, 0.05) is 21.9 Å². The molecule has 0 spiro atoms. The largest absolute Gasteiger partial charge is 0.398 e. The molecule has 1 aromatic carbocycles. The molecule has 4 N–H and O–H groups in total. The van der Waals surface area contributed by atoms with Crippen LogP contribution in [0.4, 0.5) is 5.69 Å². The molecule has 4 heteroatoms. The molecule has 0 aliphatic rings. The monoisotopic (exact) mass is 238 g/mol. The fourth-order valence-electron chi connectivity index (χ4n) is 1.18. The van der Waals surface area contributed by atoms with E-state index >= 15 is 0 Å². The van der Waals surface area contributed by atoms with Crippen molar-refractivity contribution in [2.75, 3.05) is 11.5 Å². The number of carbonyl (C=O) groups excluding carboxylic acids is 1. The van der Waals surface area contributed by atoms with E-state index in [1.807, 2.05) is 6.07 Å². The first-order chi connectivity index (χ1) is 7.54. The van der Waals surface area contributed by atoms with E-state index in [1.165, 1.54) is 0 Å². The van der Waals surface area contributed by atoms with Crippen molar-refractivity contribution >= 4 is 23.4 Å². The van der Waals surface area contributed by atoms with Crippen LogP contribution in [-0.2, 0) is 0 Å². The normalized spacial score (nSPS) is 12.4. The summed E-state index contributed by atoms with van der Waals surface area (Å²) in [6.45, 7) is 4.38. The molecule has 0 aromatic heterocycles. The van der Waals surface area contributed by atoms with Gasteiger partial charge in [0.05, 0.1) is 0 Å². The lowest BCUT2D eigenvalue weighted by atomic mass is 10.2. The molecular formula is C12H18N2OS. The van der Waals surface area contributed by atoms with Crippen LogP contribution in [0.2, 0.25) is 0 Å². The summed E-state index contributed by atoms with van der Waals surface area (Å²) in [4.78, 5) is 12.0. The molecule has 1 rings (SSSR count). The summed E-state index contributed by atoms with van der Waals surface area (Å²) < 4.78 is 0. The standard InChI is InChI=1S/C12H18N2OS/c1-3-8(2)7-16-11-5-4-9(12(14)15)6-10(11)13/h4-6,8H,3,7,13H2,1-2H3,(H2,14,15). The van der Waals surface area contributed by atoms with Crippen LogP contribution in [0.15, 0.2) is 23.1 Å². The molecular weight excluding hydrogens is 220 g/mol. The molecule has 0 saturated carbocycles. The third kappa shape index (κ3) is 3.45. The Kier molecular flexibility index (Phi) is 4.68. The smallest absolute Gasteiger partial charge is 0.248 e. The number of primary amides is 1. The first-order valence-corrected chi connectivity index (χ1v) is 6.35. The third-order valence-corrected chi connectivity index (χ3v) is 3.93. The number of nitrogens with two attached hydrogens (primary N) is 2. The summed E-state index contributed by atoms with van der Waals surface area (Å²) >= 11 is 1.72. The van der Waals surface area contributed by atoms with E-state index in [0.29, 0.717) is 17.2 Å². The molecule has 88 valence electrons. The zero-order chi connectivity index (χ0) is 12.1. The molecule has 3 nitrogen and oxygen atoms in total. The second kappa shape index (κ2) is 5.80. The lowest BCUT2D eigenvalue weighted by Gasteiger charge is -2.10. The van der Waals surface area contributed by atoms with E-state index in [1.54, 1.807) is 23.9 Å². The average molecular weight is 238 g/mol. The van der Waals surface area contributed by atoms with E-state index in [2.05, 4.69) is 13.8 Å². The summed E-state index contributed by atoms with van der Waals surface area (Å²) in [5.41, 5.74) is 12.1. The van der Waals surface area contributed by atoms with Crippen LogP contribution in [0.5, 0.6) is 0 Å². The Bertz CT molecular complexity index is 379. The van der Waals surface area contributed by atoms with Crippen molar-refractivity contribution in [3.63, 3.8) is 0 Å². The molecule has 0 radical (unpaired) electrons. The van der Waals surface area contributed by atoms with Gasteiger partial charge in [-0.15, -0.1) is 11.8 Å². The number of rotatable bonds is 5.